The van der Waals surface area contributed by atoms with E-state index in [1.165, 1.54) is 12.1 Å². The van der Waals surface area contributed by atoms with Gasteiger partial charge in [-0.25, -0.2) is 0 Å². The minimum absolute atomic E-state index is 0.0866. The molecule has 0 amide bonds. The van der Waals surface area contributed by atoms with Crippen molar-refractivity contribution >= 4 is 15.9 Å². The van der Waals surface area contributed by atoms with Gasteiger partial charge in [0.15, 0.2) is 0 Å². The molecular formula is C9H14N2O3S. The first kappa shape index (κ1) is 11.8. The number of hydrogen-bond donors (Lipinski definition) is 3. The number of nitrogens with one attached hydrogen (secondary N) is 2. The Bertz CT molecular complexity index is 443. The van der Waals surface area contributed by atoms with Crippen LogP contribution in [0.5, 0.6) is 5.75 Å². The quantitative estimate of drug-likeness (QED) is 0.674. The van der Waals surface area contributed by atoms with Crippen LogP contribution in [-0.2, 0) is 10.2 Å². The van der Waals surface area contributed by atoms with Crippen molar-refractivity contribution in [3.63, 3.8) is 0 Å². The number of rotatable bonds is 4. The first-order chi connectivity index (χ1) is 6.94. The lowest BCUT2D eigenvalue weighted by molar-refractivity contribution is 0.477. The summed E-state index contributed by atoms with van der Waals surface area (Å²) in [5, 5.41) is 9.47. The van der Waals surface area contributed by atoms with Gasteiger partial charge in [0.1, 0.15) is 5.75 Å². The van der Waals surface area contributed by atoms with E-state index in [0.717, 1.165) is 5.56 Å². The first-order valence-electron chi connectivity index (χ1n) is 4.51. The van der Waals surface area contributed by atoms with Crippen LogP contribution in [-0.4, -0.2) is 20.1 Å². The number of phenolic OH excluding ortho intramolecular Hbond substituents is 1. The Morgan fingerprint density at radius 2 is 2.07 bits per heavy atom. The normalized spacial score (nSPS) is 11.3. The second-order valence-electron chi connectivity index (χ2n) is 3.12. The summed E-state index contributed by atoms with van der Waals surface area (Å²) in [6.07, 6.45) is 0. The smallest absolute Gasteiger partial charge is 0.299 e. The van der Waals surface area contributed by atoms with Crippen LogP contribution in [0.15, 0.2) is 18.2 Å². The second-order valence-corrected chi connectivity index (χ2v) is 4.62. The maximum atomic E-state index is 11.3. The molecule has 0 atom stereocenters. The third kappa shape index (κ3) is 3.41. The molecule has 0 heterocycles. The molecule has 5 nitrogen and oxygen atoms in total. The lowest BCUT2D eigenvalue weighted by Crippen LogP contribution is -2.29. The van der Waals surface area contributed by atoms with E-state index < -0.39 is 10.2 Å². The maximum Gasteiger partial charge on any atom is 0.299 e. The molecule has 0 bridgehead atoms. The van der Waals surface area contributed by atoms with E-state index in [-0.39, 0.29) is 11.4 Å². The largest absolute Gasteiger partial charge is 0.506 e. The summed E-state index contributed by atoms with van der Waals surface area (Å²) in [6.45, 7) is 3.78. The van der Waals surface area contributed by atoms with Crippen LogP contribution >= 0.6 is 0 Å². The molecule has 0 aromatic heterocycles. The van der Waals surface area contributed by atoms with Gasteiger partial charge in [-0.2, -0.15) is 13.1 Å². The van der Waals surface area contributed by atoms with Gasteiger partial charge in [0.25, 0.3) is 10.2 Å². The second kappa shape index (κ2) is 4.50. The van der Waals surface area contributed by atoms with Crippen molar-refractivity contribution in [2.75, 3.05) is 11.3 Å². The van der Waals surface area contributed by atoms with Crippen LogP contribution in [0.4, 0.5) is 5.69 Å². The molecular weight excluding hydrogens is 216 g/mol. The highest BCUT2D eigenvalue weighted by Gasteiger charge is 2.10. The number of phenols is 1. The van der Waals surface area contributed by atoms with E-state index in [0.29, 0.717) is 6.54 Å². The third-order valence-electron chi connectivity index (χ3n) is 1.73. The lowest BCUT2D eigenvalue weighted by Gasteiger charge is -2.09. The minimum Gasteiger partial charge on any atom is -0.506 e. The van der Waals surface area contributed by atoms with Crippen LogP contribution in [0, 0.1) is 6.92 Å². The zero-order valence-corrected chi connectivity index (χ0v) is 9.43. The molecule has 3 N–H and O–H groups in total. The van der Waals surface area contributed by atoms with Crippen LogP contribution in [0.1, 0.15) is 12.5 Å². The Balaban J connectivity index is 2.90. The van der Waals surface area contributed by atoms with Gasteiger partial charge >= 0.3 is 0 Å². The first-order valence-corrected chi connectivity index (χ1v) is 6.00. The molecule has 1 rings (SSSR count). The fourth-order valence-electron chi connectivity index (χ4n) is 1.10. The predicted octanol–water partition coefficient (Wildman–Crippen LogP) is 0.967. The third-order valence-corrected chi connectivity index (χ3v) is 2.89. The Morgan fingerprint density at radius 1 is 1.40 bits per heavy atom. The van der Waals surface area contributed by atoms with Gasteiger partial charge in [-0.1, -0.05) is 13.0 Å². The maximum absolute atomic E-state index is 11.3. The molecule has 0 saturated heterocycles. The van der Waals surface area contributed by atoms with Crippen LogP contribution < -0.4 is 9.44 Å². The monoisotopic (exact) mass is 230 g/mol. The molecule has 1 aromatic rings. The van der Waals surface area contributed by atoms with Gasteiger partial charge in [0, 0.05) is 6.54 Å². The van der Waals surface area contributed by atoms with Gasteiger partial charge in [-0.3, -0.25) is 4.72 Å². The van der Waals surface area contributed by atoms with E-state index >= 15 is 0 Å². The van der Waals surface area contributed by atoms with Gasteiger partial charge in [-0.05, 0) is 24.6 Å². The van der Waals surface area contributed by atoms with Gasteiger partial charge in [0.2, 0.25) is 0 Å². The van der Waals surface area contributed by atoms with Crippen LogP contribution in [0.25, 0.3) is 0 Å². The number of benzene rings is 1. The molecule has 0 aliphatic carbocycles. The van der Waals surface area contributed by atoms with Crippen molar-refractivity contribution in [3.8, 4) is 5.75 Å². The molecule has 84 valence electrons. The fourth-order valence-corrected chi connectivity index (χ4v) is 2.01. The average molecular weight is 230 g/mol. The topological polar surface area (TPSA) is 78.4 Å². The minimum atomic E-state index is -3.58. The zero-order chi connectivity index (χ0) is 11.5. The standard InChI is InChI=1S/C9H14N2O3S/c1-3-10-15(13,14)11-8-5-4-7(2)6-9(8)12/h4-6,10-12H,3H2,1-2H3. The highest BCUT2D eigenvalue weighted by Crippen LogP contribution is 2.24. The summed E-state index contributed by atoms with van der Waals surface area (Å²) >= 11 is 0. The molecule has 0 saturated carbocycles. The highest BCUT2D eigenvalue weighted by atomic mass is 32.2. The summed E-state index contributed by atoms with van der Waals surface area (Å²) in [7, 11) is -3.58. The molecule has 0 aliphatic rings. The van der Waals surface area contributed by atoms with Crippen LogP contribution in [0.2, 0.25) is 0 Å². The molecule has 0 aliphatic heterocycles. The number of aromatic hydroxyl groups is 1. The Hall–Kier alpha value is -1.27. The van der Waals surface area contributed by atoms with Gasteiger partial charge < -0.3 is 5.11 Å². The fraction of sp³-hybridized carbons (Fsp3) is 0.333. The lowest BCUT2D eigenvalue weighted by atomic mass is 10.2. The molecule has 6 heteroatoms. The van der Waals surface area contributed by atoms with E-state index in [9.17, 15) is 13.5 Å². The summed E-state index contributed by atoms with van der Waals surface area (Å²) in [5.74, 6) is -0.0866. The number of aryl methyl sites for hydroxylation is 1. The van der Waals surface area contributed by atoms with Crippen molar-refractivity contribution in [1.29, 1.82) is 0 Å². The van der Waals surface area contributed by atoms with Crippen molar-refractivity contribution in [3.05, 3.63) is 23.8 Å². The van der Waals surface area contributed by atoms with Gasteiger partial charge in [0.05, 0.1) is 5.69 Å². The number of hydrogen-bond acceptors (Lipinski definition) is 3. The summed E-state index contributed by atoms with van der Waals surface area (Å²) < 4.78 is 27.1. The predicted molar refractivity (Wildman–Crippen MR) is 59.1 cm³/mol. The Kier molecular flexibility index (Phi) is 3.54. The Morgan fingerprint density at radius 3 is 2.60 bits per heavy atom. The van der Waals surface area contributed by atoms with E-state index in [4.69, 9.17) is 0 Å². The number of anilines is 1. The molecule has 15 heavy (non-hydrogen) atoms. The SMILES string of the molecule is CCNS(=O)(=O)Nc1ccc(C)cc1O. The molecule has 0 spiro atoms. The summed E-state index contributed by atoms with van der Waals surface area (Å²) in [5.41, 5.74) is 1.03. The van der Waals surface area contributed by atoms with Crippen molar-refractivity contribution in [2.24, 2.45) is 0 Å². The van der Waals surface area contributed by atoms with Crippen molar-refractivity contribution in [1.82, 2.24) is 4.72 Å². The van der Waals surface area contributed by atoms with E-state index in [1.807, 2.05) is 6.92 Å². The van der Waals surface area contributed by atoms with Gasteiger partial charge in [-0.15, -0.1) is 0 Å². The molecule has 0 fully saturated rings. The van der Waals surface area contributed by atoms with Crippen molar-refractivity contribution < 1.29 is 13.5 Å². The molecule has 0 radical (unpaired) electrons. The summed E-state index contributed by atoms with van der Waals surface area (Å²) in [6, 6.07) is 4.72. The highest BCUT2D eigenvalue weighted by molar-refractivity contribution is 7.90. The zero-order valence-electron chi connectivity index (χ0n) is 8.61. The average Bonchev–Trinajstić information content (AvgIpc) is 2.09. The van der Waals surface area contributed by atoms with Crippen LogP contribution in [0.3, 0.4) is 0 Å². The van der Waals surface area contributed by atoms with E-state index in [1.54, 1.807) is 13.0 Å². The summed E-state index contributed by atoms with van der Waals surface area (Å²) in [4.78, 5) is 0. The molecule has 1 aromatic carbocycles. The molecule has 0 unspecified atom stereocenters. The Labute approximate surface area is 89.3 Å². The van der Waals surface area contributed by atoms with E-state index in [2.05, 4.69) is 9.44 Å². The van der Waals surface area contributed by atoms with Crippen molar-refractivity contribution in [2.45, 2.75) is 13.8 Å².